The molecule has 0 radical (unpaired) electrons. The van der Waals surface area contributed by atoms with Gasteiger partial charge in [0, 0.05) is 24.2 Å². The molecule has 2 nitrogen and oxygen atoms in total. The van der Waals surface area contributed by atoms with Crippen LogP contribution in [0.2, 0.25) is 0 Å². The Morgan fingerprint density at radius 1 is 1.47 bits per heavy atom. The monoisotopic (exact) mass is 262 g/mol. The Balaban J connectivity index is 2.26. The van der Waals surface area contributed by atoms with Crippen molar-refractivity contribution in [3.63, 3.8) is 0 Å². The minimum atomic E-state index is -0.0939. The van der Waals surface area contributed by atoms with E-state index in [0.717, 1.165) is 12.8 Å². The highest BCUT2D eigenvalue weighted by Gasteiger charge is 2.41. The summed E-state index contributed by atoms with van der Waals surface area (Å²) < 4.78 is 5.68. The van der Waals surface area contributed by atoms with Crippen molar-refractivity contribution in [2.45, 2.75) is 65.9 Å². The Kier molecular flexibility index (Phi) is 3.89. The molecule has 2 aliphatic carbocycles. The number of ether oxygens (including phenoxy) is 1. The van der Waals surface area contributed by atoms with Crippen molar-refractivity contribution < 1.29 is 9.53 Å². The summed E-state index contributed by atoms with van der Waals surface area (Å²) in [5, 5.41) is 0. The molecule has 2 aliphatic rings. The number of fused-ring (bicyclic) bond motifs is 1. The third kappa shape index (κ3) is 2.77. The number of rotatable bonds is 2. The van der Waals surface area contributed by atoms with Gasteiger partial charge in [0.25, 0.3) is 0 Å². The molecule has 0 aliphatic heterocycles. The Labute approximate surface area is 116 Å². The predicted molar refractivity (Wildman–Crippen MR) is 77.8 cm³/mol. The van der Waals surface area contributed by atoms with Crippen LogP contribution in [0.3, 0.4) is 0 Å². The summed E-state index contributed by atoms with van der Waals surface area (Å²) >= 11 is 0. The molecule has 2 heteroatoms. The summed E-state index contributed by atoms with van der Waals surface area (Å²) in [5.41, 5.74) is 4.35. The first kappa shape index (κ1) is 14.4. The minimum Gasteiger partial charge on any atom is -0.461 e. The number of allylic oxidation sites excluding steroid dienone is 2. The first-order valence-corrected chi connectivity index (χ1v) is 7.40. The molecule has 19 heavy (non-hydrogen) atoms. The van der Waals surface area contributed by atoms with Crippen LogP contribution in [0.25, 0.3) is 0 Å². The van der Waals surface area contributed by atoms with Crippen molar-refractivity contribution in [2.75, 3.05) is 0 Å². The number of carbonyl (C=O) groups excluding carboxylic acids is 1. The van der Waals surface area contributed by atoms with Gasteiger partial charge in [-0.25, -0.2) is 0 Å². The first-order chi connectivity index (χ1) is 8.85. The average molecular weight is 262 g/mol. The lowest BCUT2D eigenvalue weighted by atomic mass is 9.80. The molecule has 0 aromatic carbocycles. The molecule has 0 aromatic heterocycles. The Hall–Kier alpha value is -1.05. The zero-order chi connectivity index (χ0) is 14.2. The highest BCUT2D eigenvalue weighted by molar-refractivity contribution is 5.69. The van der Waals surface area contributed by atoms with E-state index >= 15 is 0 Å². The standard InChI is InChI=1S/C17H26O2/c1-6-16(18)19-15-9-12(3)13-8-7-11(2)14(13)10-17(15,4)5/h13,15H,3,6-10H2,1-2,4-5H3/t13-,15+/m1/s1. The Bertz CT molecular complexity index is 429. The first-order valence-electron chi connectivity index (χ1n) is 7.40. The third-order valence-electron chi connectivity index (χ3n) is 4.80. The molecule has 2 rings (SSSR count). The quantitative estimate of drug-likeness (QED) is 0.544. The van der Waals surface area contributed by atoms with Gasteiger partial charge in [0.15, 0.2) is 0 Å². The van der Waals surface area contributed by atoms with Crippen molar-refractivity contribution in [1.29, 1.82) is 0 Å². The summed E-state index contributed by atoms with van der Waals surface area (Å²) in [6, 6.07) is 0. The van der Waals surface area contributed by atoms with Gasteiger partial charge in [-0.15, -0.1) is 0 Å². The minimum absolute atomic E-state index is 0.00343. The molecular weight excluding hydrogens is 236 g/mol. The fourth-order valence-corrected chi connectivity index (χ4v) is 3.42. The third-order valence-corrected chi connectivity index (χ3v) is 4.80. The normalized spacial score (nSPS) is 30.0. The molecule has 0 amide bonds. The number of hydrogen-bond donors (Lipinski definition) is 0. The second kappa shape index (κ2) is 5.15. The topological polar surface area (TPSA) is 26.3 Å². The van der Waals surface area contributed by atoms with E-state index in [1.54, 1.807) is 5.57 Å². The molecule has 0 heterocycles. The molecule has 106 valence electrons. The lowest BCUT2D eigenvalue weighted by molar-refractivity contribution is -0.154. The van der Waals surface area contributed by atoms with Gasteiger partial charge in [-0.2, -0.15) is 0 Å². The van der Waals surface area contributed by atoms with Gasteiger partial charge in [0.05, 0.1) is 0 Å². The lowest BCUT2D eigenvalue weighted by Crippen LogP contribution is -2.33. The van der Waals surface area contributed by atoms with Crippen LogP contribution in [0.4, 0.5) is 0 Å². The van der Waals surface area contributed by atoms with Crippen LogP contribution in [-0.4, -0.2) is 12.1 Å². The van der Waals surface area contributed by atoms with Crippen LogP contribution in [0.15, 0.2) is 23.3 Å². The van der Waals surface area contributed by atoms with E-state index in [1.807, 2.05) is 6.92 Å². The smallest absolute Gasteiger partial charge is 0.305 e. The zero-order valence-corrected chi connectivity index (χ0v) is 12.7. The van der Waals surface area contributed by atoms with Crippen molar-refractivity contribution in [3.05, 3.63) is 23.3 Å². The van der Waals surface area contributed by atoms with Crippen molar-refractivity contribution >= 4 is 5.97 Å². The van der Waals surface area contributed by atoms with Crippen LogP contribution in [0.5, 0.6) is 0 Å². The molecular formula is C17H26O2. The van der Waals surface area contributed by atoms with E-state index in [1.165, 1.54) is 24.0 Å². The van der Waals surface area contributed by atoms with Gasteiger partial charge in [0.1, 0.15) is 6.10 Å². The van der Waals surface area contributed by atoms with Crippen LogP contribution in [0.1, 0.15) is 59.8 Å². The van der Waals surface area contributed by atoms with Gasteiger partial charge in [-0.1, -0.05) is 44.1 Å². The van der Waals surface area contributed by atoms with Gasteiger partial charge < -0.3 is 4.74 Å². The summed E-state index contributed by atoms with van der Waals surface area (Å²) in [6.45, 7) is 12.8. The molecule has 0 bridgehead atoms. The maximum atomic E-state index is 11.6. The fraction of sp³-hybridized carbons (Fsp3) is 0.706. The van der Waals surface area contributed by atoms with Crippen molar-refractivity contribution in [2.24, 2.45) is 11.3 Å². The Morgan fingerprint density at radius 2 is 2.16 bits per heavy atom. The zero-order valence-electron chi connectivity index (χ0n) is 12.7. The molecule has 1 fully saturated rings. The van der Waals surface area contributed by atoms with E-state index in [4.69, 9.17) is 4.74 Å². The Morgan fingerprint density at radius 3 is 2.79 bits per heavy atom. The molecule has 0 spiro atoms. The van der Waals surface area contributed by atoms with Crippen LogP contribution < -0.4 is 0 Å². The highest BCUT2D eigenvalue weighted by atomic mass is 16.5. The van der Waals surface area contributed by atoms with E-state index < -0.39 is 0 Å². The second-order valence-corrected chi connectivity index (χ2v) is 6.76. The second-order valence-electron chi connectivity index (χ2n) is 6.76. The van der Waals surface area contributed by atoms with E-state index in [9.17, 15) is 4.79 Å². The van der Waals surface area contributed by atoms with Gasteiger partial charge in [-0.3, -0.25) is 4.79 Å². The van der Waals surface area contributed by atoms with Gasteiger partial charge >= 0.3 is 5.97 Å². The summed E-state index contributed by atoms with van der Waals surface area (Å²) in [4.78, 5) is 11.6. The van der Waals surface area contributed by atoms with E-state index in [-0.39, 0.29) is 17.5 Å². The summed E-state index contributed by atoms with van der Waals surface area (Å²) in [6.07, 6.45) is 4.67. The van der Waals surface area contributed by atoms with Gasteiger partial charge in [0.2, 0.25) is 0 Å². The van der Waals surface area contributed by atoms with Crippen LogP contribution in [-0.2, 0) is 9.53 Å². The van der Waals surface area contributed by atoms with Crippen LogP contribution in [0, 0.1) is 11.3 Å². The van der Waals surface area contributed by atoms with E-state index in [2.05, 4.69) is 27.4 Å². The van der Waals surface area contributed by atoms with Crippen molar-refractivity contribution in [1.82, 2.24) is 0 Å². The maximum Gasteiger partial charge on any atom is 0.305 e. The summed E-state index contributed by atoms with van der Waals surface area (Å²) in [5.74, 6) is 0.438. The van der Waals surface area contributed by atoms with Crippen molar-refractivity contribution in [3.8, 4) is 0 Å². The lowest BCUT2D eigenvalue weighted by Gasteiger charge is -2.32. The highest BCUT2D eigenvalue weighted by Crippen LogP contribution is 2.49. The fourth-order valence-electron chi connectivity index (χ4n) is 3.42. The summed E-state index contributed by atoms with van der Waals surface area (Å²) in [7, 11) is 0. The largest absolute Gasteiger partial charge is 0.461 e. The predicted octanol–water partition coefficient (Wildman–Crippen LogP) is 4.41. The average Bonchev–Trinajstić information content (AvgIpc) is 2.65. The van der Waals surface area contributed by atoms with Gasteiger partial charge in [-0.05, 0) is 26.2 Å². The molecule has 0 saturated heterocycles. The molecule has 0 aromatic rings. The van der Waals surface area contributed by atoms with Crippen LogP contribution >= 0.6 is 0 Å². The number of hydrogen-bond acceptors (Lipinski definition) is 2. The number of carbonyl (C=O) groups is 1. The molecule has 1 saturated carbocycles. The SMILES string of the molecule is C=C1C[C@H](OC(=O)CC)C(C)(C)CC2=C(C)CC[C@H]12. The maximum absolute atomic E-state index is 11.6. The van der Waals surface area contributed by atoms with E-state index in [0.29, 0.717) is 12.3 Å². The molecule has 0 N–H and O–H groups in total. The molecule has 0 unspecified atom stereocenters. The molecule has 2 atom stereocenters. The number of esters is 1.